The Morgan fingerprint density at radius 3 is 2.00 bits per heavy atom. The van der Waals surface area contributed by atoms with Crippen molar-refractivity contribution < 1.29 is 8.42 Å². The SMILES string of the molecule is Cl.O=S(=O)(N1CCCCC1)N1CCC(C2CCCN2)CC1. The smallest absolute Gasteiger partial charge is 0.281 e. The summed E-state index contributed by atoms with van der Waals surface area (Å²) in [6, 6.07) is 0.634. The molecule has 3 aliphatic rings. The van der Waals surface area contributed by atoms with E-state index in [1.54, 1.807) is 8.61 Å². The largest absolute Gasteiger partial charge is 0.314 e. The summed E-state index contributed by atoms with van der Waals surface area (Å²) in [5, 5.41) is 3.56. The molecule has 0 amide bonds. The van der Waals surface area contributed by atoms with E-state index in [0.717, 1.165) is 32.2 Å². The minimum absolute atomic E-state index is 0. The molecule has 0 radical (unpaired) electrons. The number of hydrogen-bond donors (Lipinski definition) is 1. The minimum atomic E-state index is -3.19. The summed E-state index contributed by atoms with van der Waals surface area (Å²) < 4.78 is 28.6. The van der Waals surface area contributed by atoms with Crippen molar-refractivity contribution in [2.45, 2.75) is 51.0 Å². The Balaban J connectivity index is 0.00000161. The molecule has 21 heavy (non-hydrogen) atoms. The van der Waals surface area contributed by atoms with Gasteiger partial charge in [0.1, 0.15) is 0 Å². The Labute approximate surface area is 135 Å². The number of hydrogen-bond acceptors (Lipinski definition) is 3. The van der Waals surface area contributed by atoms with Gasteiger partial charge in [-0.25, -0.2) is 0 Å². The first kappa shape index (κ1) is 17.5. The standard InChI is InChI=1S/C14H27N3O2S.ClH/c18-20(19,16-9-2-1-3-10-16)17-11-6-13(7-12-17)14-5-4-8-15-14;/h13-15H,1-12H2;1H. The third kappa shape index (κ3) is 3.91. The summed E-state index contributed by atoms with van der Waals surface area (Å²) >= 11 is 0. The van der Waals surface area contributed by atoms with Crippen LogP contribution in [0, 0.1) is 5.92 Å². The predicted octanol–water partition coefficient (Wildman–Crippen LogP) is 1.60. The van der Waals surface area contributed by atoms with Crippen LogP contribution in [0.25, 0.3) is 0 Å². The summed E-state index contributed by atoms with van der Waals surface area (Å²) in [6.45, 7) is 3.99. The third-order valence-electron chi connectivity index (χ3n) is 5.13. The normalized spacial score (nSPS) is 30.2. The molecule has 0 bridgehead atoms. The molecule has 1 atom stereocenters. The topological polar surface area (TPSA) is 52.7 Å². The fourth-order valence-corrected chi connectivity index (χ4v) is 5.60. The van der Waals surface area contributed by atoms with Crippen molar-refractivity contribution in [2.24, 2.45) is 5.92 Å². The van der Waals surface area contributed by atoms with Crippen molar-refractivity contribution in [1.29, 1.82) is 0 Å². The zero-order valence-corrected chi connectivity index (χ0v) is 14.3. The molecule has 1 unspecified atom stereocenters. The minimum Gasteiger partial charge on any atom is -0.314 e. The second-order valence-corrected chi connectivity index (χ2v) is 8.34. The molecule has 0 saturated carbocycles. The van der Waals surface area contributed by atoms with Gasteiger partial charge in [0.25, 0.3) is 10.2 Å². The first-order valence-electron chi connectivity index (χ1n) is 8.16. The van der Waals surface area contributed by atoms with Gasteiger partial charge in [-0.3, -0.25) is 0 Å². The van der Waals surface area contributed by atoms with Crippen LogP contribution in [0.3, 0.4) is 0 Å². The highest BCUT2D eigenvalue weighted by molar-refractivity contribution is 7.86. The van der Waals surface area contributed by atoms with Crippen LogP contribution in [-0.2, 0) is 10.2 Å². The quantitative estimate of drug-likeness (QED) is 0.851. The molecule has 1 N–H and O–H groups in total. The average Bonchev–Trinajstić information content (AvgIpc) is 3.02. The van der Waals surface area contributed by atoms with Crippen LogP contribution in [0.2, 0.25) is 0 Å². The Kier molecular flexibility index (Phi) is 6.32. The maximum Gasteiger partial charge on any atom is 0.281 e. The molecule has 0 aromatic carbocycles. The van der Waals surface area contributed by atoms with Gasteiger partial charge < -0.3 is 5.32 Å². The molecule has 0 spiro atoms. The Bertz CT molecular complexity index is 412. The second-order valence-electron chi connectivity index (χ2n) is 6.41. The zero-order chi connectivity index (χ0) is 14.0. The lowest BCUT2D eigenvalue weighted by Gasteiger charge is -2.37. The van der Waals surface area contributed by atoms with Crippen molar-refractivity contribution in [2.75, 3.05) is 32.7 Å². The summed E-state index contributed by atoms with van der Waals surface area (Å²) in [5.74, 6) is 0.672. The van der Waals surface area contributed by atoms with Crippen molar-refractivity contribution in [3.05, 3.63) is 0 Å². The van der Waals surface area contributed by atoms with Gasteiger partial charge in [-0.1, -0.05) is 6.42 Å². The highest BCUT2D eigenvalue weighted by Crippen LogP contribution is 2.28. The molecule has 3 fully saturated rings. The van der Waals surface area contributed by atoms with Crippen molar-refractivity contribution in [3.63, 3.8) is 0 Å². The molecule has 3 saturated heterocycles. The molecule has 3 aliphatic heterocycles. The average molecular weight is 338 g/mol. The molecular weight excluding hydrogens is 310 g/mol. The number of piperidine rings is 2. The molecule has 7 heteroatoms. The lowest BCUT2D eigenvalue weighted by atomic mass is 9.89. The fourth-order valence-electron chi connectivity index (χ4n) is 3.88. The van der Waals surface area contributed by atoms with Crippen molar-refractivity contribution >= 4 is 22.6 Å². The van der Waals surface area contributed by atoms with Gasteiger partial charge in [-0.2, -0.15) is 17.0 Å². The lowest BCUT2D eigenvalue weighted by Crippen LogP contribution is -2.50. The van der Waals surface area contributed by atoms with E-state index in [1.807, 2.05) is 0 Å². The maximum atomic E-state index is 12.6. The number of nitrogens with zero attached hydrogens (tertiary/aromatic N) is 2. The van der Waals surface area contributed by atoms with Gasteiger partial charge in [0, 0.05) is 32.2 Å². The number of nitrogens with one attached hydrogen (secondary N) is 1. The molecular formula is C14H28ClN3O2S. The molecule has 124 valence electrons. The van der Waals surface area contributed by atoms with E-state index in [-0.39, 0.29) is 12.4 Å². The second kappa shape index (κ2) is 7.59. The monoisotopic (exact) mass is 337 g/mol. The molecule has 3 heterocycles. The van der Waals surface area contributed by atoms with Gasteiger partial charge in [-0.15, -0.1) is 12.4 Å². The van der Waals surface area contributed by atoms with E-state index in [4.69, 9.17) is 0 Å². The fraction of sp³-hybridized carbons (Fsp3) is 1.00. The van der Waals surface area contributed by atoms with Crippen LogP contribution in [0.4, 0.5) is 0 Å². The molecule has 0 aliphatic carbocycles. The molecule has 0 aromatic heterocycles. The summed E-state index contributed by atoms with van der Waals surface area (Å²) in [4.78, 5) is 0. The van der Waals surface area contributed by atoms with Gasteiger partial charge in [0.05, 0.1) is 0 Å². The first-order valence-corrected chi connectivity index (χ1v) is 9.56. The molecule has 5 nitrogen and oxygen atoms in total. The van der Waals surface area contributed by atoms with Crippen LogP contribution in [0.15, 0.2) is 0 Å². The van der Waals surface area contributed by atoms with E-state index < -0.39 is 10.2 Å². The van der Waals surface area contributed by atoms with E-state index in [2.05, 4.69) is 5.32 Å². The lowest BCUT2D eigenvalue weighted by molar-refractivity contribution is 0.217. The first-order chi connectivity index (χ1) is 9.68. The van der Waals surface area contributed by atoms with Crippen LogP contribution < -0.4 is 5.32 Å². The highest BCUT2D eigenvalue weighted by Gasteiger charge is 2.35. The summed E-state index contributed by atoms with van der Waals surface area (Å²) in [7, 11) is -3.19. The van der Waals surface area contributed by atoms with E-state index in [0.29, 0.717) is 38.1 Å². The van der Waals surface area contributed by atoms with Gasteiger partial charge >= 0.3 is 0 Å². The van der Waals surface area contributed by atoms with Crippen molar-refractivity contribution in [1.82, 2.24) is 13.9 Å². The Morgan fingerprint density at radius 1 is 0.810 bits per heavy atom. The van der Waals surface area contributed by atoms with Gasteiger partial charge in [-0.05, 0) is 51.0 Å². The van der Waals surface area contributed by atoms with Crippen LogP contribution >= 0.6 is 12.4 Å². The summed E-state index contributed by atoms with van der Waals surface area (Å²) in [5.41, 5.74) is 0. The number of rotatable bonds is 3. The van der Waals surface area contributed by atoms with E-state index in [1.165, 1.54) is 19.3 Å². The maximum absolute atomic E-state index is 12.6. The van der Waals surface area contributed by atoms with Crippen LogP contribution in [0.5, 0.6) is 0 Å². The van der Waals surface area contributed by atoms with Crippen LogP contribution in [0.1, 0.15) is 44.9 Å². The van der Waals surface area contributed by atoms with E-state index in [9.17, 15) is 8.42 Å². The number of halogens is 1. The Morgan fingerprint density at radius 2 is 1.43 bits per heavy atom. The third-order valence-corrected chi connectivity index (χ3v) is 7.17. The summed E-state index contributed by atoms with van der Waals surface area (Å²) in [6.07, 6.45) is 7.78. The van der Waals surface area contributed by atoms with Gasteiger partial charge in [0.2, 0.25) is 0 Å². The van der Waals surface area contributed by atoms with Gasteiger partial charge in [0.15, 0.2) is 0 Å². The molecule has 3 rings (SSSR count). The van der Waals surface area contributed by atoms with Crippen LogP contribution in [-0.4, -0.2) is 55.8 Å². The molecule has 0 aromatic rings. The van der Waals surface area contributed by atoms with E-state index >= 15 is 0 Å². The van der Waals surface area contributed by atoms with Crippen molar-refractivity contribution in [3.8, 4) is 0 Å². The highest BCUT2D eigenvalue weighted by atomic mass is 35.5. The zero-order valence-electron chi connectivity index (χ0n) is 12.7. The predicted molar refractivity (Wildman–Crippen MR) is 86.9 cm³/mol. The Hall–Kier alpha value is 0.120.